The summed E-state index contributed by atoms with van der Waals surface area (Å²) in [6, 6.07) is 0. The average Bonchev–Trinajstić information content (AvgIpc) is 3.25. The molecule has 0 saturated carbocycles. The molecule has 0 heterocycles. The van der Waals surface area contributed by atoms with Gasteiger partial charge >= 0.3 is 0 Å². The fraction of sp³-hybridized carbons (Fsp3) is 1.00. The van der Waals surface area contributed by atoms with Gasteiger partial charge in [-0.2, -0.15) is 0 Å². The first-order valence-corrected chi connectivity index (χ1v) is 24.3. The molecular formula is C42H105N19. The van der Waals surface area contributed by atoms with Crippen molar-refractivity contribution in [1.29, 1.82) is 0 Å². The smallest absolute Gasteiger partial charge is 0.0108 e. The molecule has 0 unspecified atom stereocenters. The van der Waals surface area contributed by atoms with E-state index >= 15 is 0 Å². The van der Waals surface area contributed by atoms with Crippen molar-refractivity contribution >= 4 is 0 Å². The van der Waals surface area contributed by atoms with Crippen LogP contribution < -0.4 is 70.8 Å². The van der Waals surface area contributed by atoms with Crippen LogP contribution in [0.25, 0.3) is 0 Å². The molecular weight excluding hydrogens is 771 g/mol. The highest BCUT2D eigenvalue weighted by molar-refractivity contribution is 4.70. The van der Waals surface area contributed by atoms with Crippen molar-refractivity contribution in [1.82, 2.24) is 77.3 Å². The Kier molecular flexibility index (Phi) is 48.1. The minimum atomic E-state index is 0.666. The molecule has 0 rings (SSSR count). The quantitative estimate of drug-likeness (QED) is 0.0256. The number of rotatable bonds is 52. The third kappa shape index (κ3) is 41.7. The lowest BCUT2D eigenvalue weighted by Crippen LogP contribution is -2.45. The van der Waals surface area contributed by atoms with Crippen LogP contribution in [0.5, 0.6) is 0 Å². The second-order valence-electron chi connectivity index (χ2n) is 16.1. The first-order chi connectivity index (χ1) is 30.0. The molecule has 0 spiro atoms. The van der Waals surface area contributed by atoms with Crippen molar-refractivity contribution in [3.8, 4) is 0 Å². The van der Waals surface area contributed by atoms with E-state index in [1.807, 2.05) is 14.1 Å². The number of hydrogen-bond acceptors (Lipinski definition) is 19. The summed E-state index contributed by atoms with van der Waals surface area (Å²) in [5.74, 6) is 0. The zero-order valence-electron chi connectivity index (χ0n) is 40.4. The van der Waals surface area contributed by atoms with Gasteiger partial charge in [0.25, 0.3) is 0 Å². The molecule has 0 bridgehead atoms. The fourth-order valence-corrected chi connectivity index (χ4v) is 7.06. The summed E-state index contributed by atoms with van der Waals surface area (Å²) in [6.07, 6.45) is 1.20. The standard InChI is InChI=1S/C42H105N19/c1-5-26-56(4)30-14-51-19-37-60(39-22-53-18-34-58(29-9-46)33-16-50-12-11-47-2)40-24-55-25-42-61(38-21-52-17-32-57(27-7-44)28-8-45)41-23-54-20-36-59(31-13-48-3)35-15-49-10-6-43/h47-55H,5-46H2,1-4H3. The Labute approximate surface area is 376 Å². The number of nitrogens with two attached hydrogens (primary N) is 4. The van der Waals surface area contributed by atoms with Gasteiger partial charge in [0.15, 0.2) is 0 Å². The second kappa shape index (κ2) is 48.7. The van der Waals surface area contributed by atoms with Crippen LogP contribution >= 0.6 is 0 Å². The Balaban J connectivity index is 5.03. The van der Waals surface area contributed by atoms with E-state index in [4.69, 9.17) is 22.9 Å². The van der Waals surface area contributed by atoms with Crippen molar-refractivity contribution < 1.29 is 0 Å². The summed E-state index contributed by atoms with van der Waals surface area (Å²) < 4.78 is 0. The third-order valence-electron chi connectivity index (χ3n) is 10.8. The Morgan fingerprint density at radius 1 is 0.279 bits per heavy atom. The van der Waals surface area contributed by atoms with Crippen LogP contribution in [0.15, 0.2) is 0 Å². The second-order valence-corrected chi connectivity index (χ2v) is 16.1. The van der Waals surface area contributed by atoms with E-state index in [0.29, 0.717) is 26.2 Å². The summed E-state index contributed by atoms with van der Waals surface area (Å²) >= 11 is 0. The monoisotopic (exact) mass is 876 g/mol. The highest BCUT2D eigenvalue weighted by Crippen LogP contribution is 1.92. The van der Waals surface area contributed by atoms with Gasteiger partial charge in [-0.05, 0) is 34.1 Å². The molecule has 0 radical (unpaired) electrons. The summed E-state index contributed by atoms with van der Waals surface area (Å²) in [4.78, 5) is 14.9. The minimum Gasteiger partial charge on any atom is -0.329 e. The Morgan fingerprint density at radius 3 is 0.836 bits per heavy atom. The van der Waals surface area contributed by atoms with Crippen LogP contribution in [0, 0.1) is 0 Å². The SMILES string of the molecule is CCCN(C)CCNCCN(CCNCCN(CCN)CCNCCNC)CCNCCN(CCNCCN(CCN)CCN)CCNCCN(CCNC)CCNCCN. The van der Waals surface area contributed by atoms with Gasteiger partial charge in [-0.25, -0.2) is 0 Å². The molecule has 0 fully saturated rings. The molecule has 17 N–H and O–H groups in total. The highest BCUT2D eigenvalue weighted by atomic mass is 15.2. The van der Waals surface area contributed by atoms with Gasteiger partial charge in [0.1, 0.15) is 0 Å². The van der Waals surface area contributed by atoms with Crippen LogP contribution in [0.4, 0.5) is 0 Å². The number of nitrogens with one attached hydrogen (secondary N) is 9. The molecule has 19 nitrogen and oxygen atoms in total. The Hall–Kier alpha value is -0.760. The van der Waals surface area contributed by atoms with Gasteiger partial charge in [-0.15, -0.1) is 0 Å². The third-order valence-corrected chi connectivity index (χ3v) is 10.8. The van der Waals surface area contributed by atoms with Crippen LogP contribution in [-0.2, 0) is 0 Å². The van der Waals surface area contributed by atoms with E-state index in [-0.39, 0.29) is 0 Å². The molecule has 0 aromatic carbocycles. The van der Waals surface area contributed by atoms with Crippen LogP contribution in [0.2, 0.25) is 0 Å². The molecule has 0 aromatic rings. The van der Waals surface area contributed by atoms with Gasteiger partial charge in [0, 0.05) is 236 Å². The maximum atomic E-state index is 5.93. The van der Waals surface area contributed by atoms with Gasteiger partial charge in [-0.3, -0.25) is 24.5 Å². The molecule has 0 amide bonds. The maximum absolute atomic E-state index is 5.93. The molecule has 0 aliphatic rings. The largest absolute Gasteiger partial charge is 0.329 e. The van der Waals surface area contributed by atoms with Gasteiger partial charge in [0.2, 0.25) is 0 Å². The van der Waals surface area contributed by atoms with E-state index in [9.17, 15) is 0 Å². The molecule has 0 aromatic heterocycles. The highest BCUT2D eigenvalue weighted by Gasteiger charge is 2.10. The van der Waals surface area contributed by atoms with E-state index in [0.717, 1.165) is 216 Å². The van der Waals surface area contributed by atoms with Crippen molar-refractivity contribution in [3.63, 3.8) is 0 Å². The Bertz CT molecular complexity index is 831. The molecule has 19 heteroatoms. The molecule has 0 atom stereocenters. The molecule has 0 aliphatic heterocycles. The molecule has 0 saturated heterocycles. The number of likely N-dealkylation sites (N-methyl/N-ethyl adjacent to an activating group) is 3. The van der Waals surface area contributed by atoms with Crippen molar-refractivity contribution in [3.05, 3.63) is 0 Å². The van der Waals surface area contributed by atoms with Crippen LogP contribution in [0.1, 0.15) is 13.3 Å². The summed E-state index contributed by atoms with van der Waals surface area (Å²) in [7, 11) is 6.23. The lowest BCUT2D eigenvalue weighted by Gasteiger charge is -2.26. The predicted octanol–water partition coefficient (Wildman–Crippen LogP) is -5.76. The van der Waals surface area contributed by atoms with Crippen molar-refractivity contribution in [2.75, 3.05) is 263 Å². The zero-order chi connectivity index (χ0) is 44.7. The van der Waals surface area contributed by atoms with E-state index in [1.54, 1.807) is 0 Å². The van der Waals surface area contributed by atoms with Gasteiger partial charge in [0.05, 0.1) is 0 Å². The topological polar surface area (TPSA) is 232 Å². The number of hydrogen-bond donors (Lipinski definition) is 13. The predicted molar refractivity (Wildman–Crippen MR) is 264 cm³/mol. The van der Waals surface area contributed by atoms with E-state index in [1.165, 1.54) is 6.42 Å². The fourth-order valence-electron chi connectivity index (χ4n) is 7.06. The van der Waals surface area contributed by atoms with E-state index < -0.39 is 0 Å². The minimum absolute atomic E-state index is 0.666. The first-order valence-electron chi connectivity index (χ1n) is 24.3. The van der Waals surface area contributed by atoms with Crippen molar-refractivity contribution in [2.45, 2.75) is 13.3 Å². The number of nitrogens with zero attached hydrogens (tertiary/aromatic N) is 6. The van der Waals surface area contributed by atoms with E-state index in [2.05, 4.69) is 91.2 Å². The molecule has 368 valence electrons. The summed E-state index contributed by atoms with van der Waals surface area (Å²) in [6.45, 7) is 37.9. The Morgan fingerprint density at radius 2 is 0.541 bits per heavy atom. The molecule has 0 aliphatic carbocycles. The lowest BCUT2D eigenvalue weighted by atomic mass is 10.3. The lowest BCUT2D eigenvalue weighted by molar-refractivity contribution is 0.245. The average molecular weight is 876 g/mol. The normalized spacial score (nSPS) is 12.3. The maximum Gasteiger partial charge on any atom is 0.0108 e. The van der Waals surface area contributed by atoms with Gasteiger partial charge < -0.3 is 75.7 Å². The molecule has 61 heavy (non-hydrogen) atoms. The summed E-state index contributed by atoms with van der Waals surface area (Å²) in [5, 5.41) is 32.0. The van der Waals surface area contributed by atoms with Gasteiger partial charge in [-0.1, -0.05) is 6.92 Å². The first kappa shape index (κ1) is 60.2. The van der Waals surface area contributed by atoms with Crippen LogP contribution in [0.3, 0.4) is 0 Å². The summed E-state index contributed by atoms with van der Waals surface area (Å²) in [5.41, 5.74) is 23.2. The van der Waals surface area contributed by atoms with Crippen LogP contribution in [-0.4, -0.2) is 293 Å². The zero-order valence-corrected chi connectivity index (χ0v) is 40.4. The van der Waals surface area contributed by atoms with Crippen molar-refractivity contribution in [2.24, 2.45) is 22.9 Å².